The molecule has 1 N–H and O–H groups in total. The monoisotopic (exact) mass is 272 g/mol. The van der Waals surface area contributed by atoms with Crippen LogP contribution in [0.1, 0.15) is 24.0 Å². The van der Waals surface area contributed by atoms with Gasteiger partial charge in [-0.25, -0.2) is 0 Å². The van der Waals surface area contributed by atoms with Crippen molar-refractivity contribution in [2.75, 3.05) is 0 Å². The van der Waals surface area contributed by atoms with Crippen LogP contribution < -0.4 is 5.32 Å². The van der Waals surface area contributed by atoms with Gasteiger partial charge in [-0.2, -0.15) is 0 Å². The van der Waals surface area contributed by atoms with E-state index in [1.165, 1.54) is 18.4 Å². The minimum atomic E-state index is 0.723. The SMILES string of the molecule is Cc1cnccc1-c1ccc(CNC2CC2)cc1Cl. The molecule has 3 rings (SSSR count). The minimum absolute atomic E-state index is 0.723. The van der Waals surface area contributed by atoms with Crippen molar-refractivity contribution in [3.8, 4) is 11.1 Å². The van der Waals surface area contributed by atoms with Crippen molar-refractivity contribution in [1.82, 2.24) is 10.3 Å². The number of nitrogens with zero attached hydrogens (tertiary/aromatic N) is 1. The van der Waals surface area contributed by atoms with Crippen LogP contribution in [-0.2, 0) is 6.54 Å². The molecule has 3 heteroatoms. The van der Waals surface area contributed by atoms with Gasteiger partial charge in [-0.3, -0.25) is 4.98 Å². The van der Waals surface area contributed by atoms with Gasteiger partial charge >= 0.3 is 0 Å². The van der Waals surface area contributed by atoms with E-state index in [4.69, 9.17) is 11.6 Å². The lowest BCUT2D eigenvalue weighted by molar-refractivity contribution is 0.688. The predicted molar refractivity (Wildman–Crippen MR) is 79.3 cm³/mol. The molecule has 0 bridgehead atoms. The fraction of sp³-hybridized carbons (Fsp3) is 0.312. The molecule has 0 amide bonds. The van der Waals surface area contributed by atoms with Crippen molar-refractivity contribution in [2.45, 2.75) is 32.4 Å². The first kappa shape index (κ1) is 12.6. The molecule has 0 radical (unpaired) electrons. The van der Waals surface area contributed by atoms with Crippen LogP contribution in [-0.4, -0.2) is 11.0 Å². The number of hydrogen-bond donors (Lipinski definition) is 1. The minimum Gasteiger partial charge on any atom is -0.310 e. The Kier molecular flexibility index (Phi) is 3.54. The van der Waals surface area contributed by atoms with E-state index in [0.717, 1.165) is 34.3 Å². The molecule has 1 heterocycles. The zero-order chi connectivity index (χ0) is 13.2. The molecule has 1 saturated carbocycles. The van der Waals surface area contributed by atoms with Crippen molar-refractivity contribution in [2.24, 2.45) is 0 Å². The van der Waals surface area contributed by atoms with Crippen molar-refractivity contribution in [3.05, 3.63) is 52.8 Å². The van der Waals surface area contributed by atoms with E-state index in [1.807, 2.05) is 12.3 Å². The molecular formula is C16H17ClN2. The first-order chi connectivity index (χ1) is 9.24. The molecule has 0 atom stereocenters. The lowest BCUT2D eigenvalue weighted by Gasteiger charge is -2.10. The first-order valence-corrected chi connectivity index (χ1v) is 7.04. The van der Waals surface area contributed by atoms with Gasteiger partial charge in [0.05, 0.1) is 0 Å². The second kappa shape index (κ2) is 5.32. The van der Waals surface area contributed by atoms with Gasteiger partial charge in [0.15, 0.2) is 0 Å². The Morgan fingerprint density at radius 2 is 2.11 bits per heavy atom. The van der Waals surface area contributed by atoms with Crippen LogP contribution in [0.15, 0.2) is 36.7 Å². The standard InChI is InChI=1S/C16H17ClN2/c1-11-9-18-7-6-14(11)15-5-2-12(8-16(15)17)10-19-13-3-4-13/h2,5-9,13,19H,3-4,10H2,1H3. The van der Waals surface area contributed by atoms with E-state index in [0.29, 0.717) is 0 Å². The highest BCUT2D eigenvalue weighted by molar-refractivity contribution is 6.33. The molecule has 98 valence electrons. The van der Waals surface area contributed by atoms with Crippen molar-refractivity contribution >= 4 is 11.6 Å². The van der Waals surface area contributed by atoms with Crippen LogP contribution in [0, 0.1) is 6.92 Å². The van der Waals surface area contributed by atoms with Gasteiger partial charge in [-0.1, -0.05) is 23.7 Å². The lowest BCUT2D eigenvalue weighted by atomic mass is 10.0. The Hall–Kier alpha value is -1.38. The lowest BCUT2D eigenvalue weighted by Crippen LogP contribution is -2.15. The number of aryl methyl sites for hydroxylation is 1. The topological polar surface area (TPSA) is 24.9 Å². The predicted octanol–water partition coefficient (Wildman–Crippen LogP) is 3.96. The molecule has 2 nitrogen and oxygen atoms in total. The molecule has 1 aromatic carbocycles. The van der Waals surface area contributed by atoms with E-state index in [-0.39, 0.29) is 0 Å². The second-order valence-electron chi connectivity index (χ2n) is 5.16. The summed E-state index contributed by atoms with van der Waals surface area (Å²) in [5.41, 5.74) is 4.62. The Balaban J connectivity index is 1.84. The fourth-order valence-electron chi connectivity index (χ4n) is 2.21. The molecule has 2 aromatic rings. The normalized spacial score (nSPS) is 14.6. The summed E-state index contributed by atoms with van der Waals surface area (Å²) in [7, 11) is 0. The van der Waals surface area contributed by atoms with Gasteiger partial charge in [0.2, 0.25) is 0 Å². The Labute approximate surface area is 118 Å². The average Bonchev–Trinajstić information content (AvgIpc) is 3.22. The number of hydrogen-bond acceptors (Lipinski definition) is 2. The number of rotatable bonds is 4. The van der Waals surface area contributed by atoms with E-state index in [2.05, 4.69) is 35.4 Å². The number of benzene rings is 1. The number of aromatic nitrogens is 1. The molecule has 1 fully saturated rings. The molecule has 1 aromatic heterocycles. The quantitative estimate of drug-likeness (QED) is 0.911. The summed E-state index contributed by atoms with van der Waals surface area (Å²) in [5, 5.41) is 4.31. The summed E-state index contributed by atoms with van der Waals surface area (Å²) in [5.74, 6) is 0. The first-order valence-electron chi connectivity index (χ1n) is 6.67. The van der Waals surface area contributed by atoms with Crippen molar-refractivity contribution < 1.29 is 0 Å². The highest BCUT2D eigenvalue weighted by atomic mass is 35.5. The van der Waals surface area contributed by atoms with Gasteiger partial charge in [0.1, 0.15) is 0 Å². The maximum atomic E-state index is 6.42. The molecule has 0 spiro atoms. The van der Waals surface area contributed by atoms with E-state index in [1.54, 1.807) is 6.20 Å². The Morgan fingerprint density at radius 1 is 1.26 bits per heavy atom. The second-order valence-corrected chi connectivity index (χ2v) is 5.57. The van der Waals surface area contributed by atoms with Crippen molar-refractivity contribution in [3.63, 3.8) is 0 Å². The van der Waals surface area contributed by atoms with Crippen LogP contribution in [0.5, 0.6) is 0 Å². The third kappa shape index (κ3) is 2.96. The van der Waals surface area contributed by atoms with Crippen LogP contribution in [0.25, 0.3) is 11.1 Å². The summed E-state index contributed by atoms with van der Waals surface area (Å²) in [4.78, 5) is 4.12. The molecule has 1 aliphatic rings. The number of pyridine rings is 1. The maximum absolute atomic E-state index is 6.42. The molecule has 0 saturated heterocycles. The Morgan fingerprint density at radius 3 is 2.79 bits per heavy atom. The van der Waals surface area contributed by atoms with Gasteiger partial charge in [0.25, 0.3) is 0 Å². The third-order valence-corrected chi connectivity index (χ3v) is 3.83. The zero-order valence-corrected chi connectivity index (χ0v) is 11.7. The van der Waals surface area contributed by atoms with Crippen LogP contribution in [0.4, 0.5) is 0 Å². The molecule has 0 aliphatic heterocycles. The molecule has 0 unspecified atom stereocenters. The summed E-state index contributed by atoms with van der Waals surface area (Å²) in [6, 6.07) is 9.05. The van der Waals surface area contributed by atoms with Gasteiger partial charge in [-0.05, 0) is 48.6 Å². The number of nitrogens with one attached hydrogen (secondary N) is 1. The van der Waals surface area contributed by atoms with Crippen LogP contribution in [0.3, 0.4) is 0 Å². The van der Waals surface area contributed by atoms with Crippen molar-refractivity contribution in [1.29, 1.82) is 0 Å². The summed E-state index contributed by atoms with van der Waals surface area (Å²) >= 11 is 6.42. The third-order valence-electron chi connectivity index (χ3n) is 3.52. The highest BCUT2D eigenvalue weighted by Crippen LogP contribution is 2.30. The van der Waals surface area contributed by atoms with Crippen LogP contribution in [0.2, 0.25) is 5.02 Å². The molecule has 19 heavy (non-hydrogen) atoms. The van der Waals surface area contributed by atoms with E-state index in [9.17, 15) is 0 Å². The fourth-order valence-corrected chi connectivity index (χ4v) is 2.52. The smallest absolute Gasteiger partial charge is 0.0487 e. The summed E-state index contributed by atoms with van der Waals surface area (Å²) in [6.07, 6.45) is 6.29. The van der Waals surface area contributed by atoms with Crippen LogP contribution >= 0.6 is 11.6 Å². The number of halogens is 1. The summed E-state index contributed by atoms with van der Waals surface area (Å²) in [6.45, 7) is 2.96. The molecule has 1 aliphatic carbocycles. The largest absolute Gasteiger partial charge is 0.310 e. The summed E-state index contributed by atoms with van der Waals surface area (Å²) < 4.78 is 0. The Bertz CT molecular complexity index is 591. The highest BCUT2D eigenvalue weighted by Gasteiger charge is 2.20. The van der Waals surface area contributed by atoms with E-state index < -0.39 is 0 Å². The van der Waals surface area contributed by atoms with E-state index >= 15 is 0 Å². The van der Waals surface area contributed by atoms with Gasteiger partial charge in [0, 0.05) is 35.6 Å². The average molecular weight is 273 g/mol. The zero-order valence-electron chi connectivity index (χ0n) is 11.0. The van der Waals surface area contributed by atoms with Gasteiger partial charge in [-0.15, -0.1) is 0 Å². The maximum Gasteiger partial charge on any atom is 0.0487 e. The van der Waals surface area contributed by atoms with Gasteiger partial charge < -0.3 is 5.32 Å². The molecular weight excluding hydrogens is 256 g/mol.